The van der Waals surface area contributed by atoms with Gasteiger partial charge in [-0.2, -0.15) is 0 Å². The Morgan fingerprint density at radius 2 is 2.38 bits per heavy atom. The largest absolute Gasteiger partial charge is 0.350 e. The smallest absolute Gasteiger partial charge is 0.167 e. The van der Waals surface area contributed by atoms with Gasteiger partial charge < -0.3 is 4.90 Å². The van der Waals surface area contributed by atoms with E-state index in [1.807, 2.05) is 0 Å². The van der Waals surface area contributed by atoms with Crippen LogP contribution in [0.25, 0.3) is 0 Å². The fourth-order valence-corrected chi connectivity index (χ4v) is 0.722. The molecule has 2 nitrogen and oxygen atoms in total. The Kier molecular flexibility index (Phi) is 1.51. The minimum Gasteiger partial charge on any atom is -0.350 e. The van der Waals surface area contributed by atoms with Crippen LogP contribution in [0.2, 0.25) is 0 Å². The predicted molar refractivity (Wildman–Crippen MR) is 34.1 cm³/mol. The SMILES string of the molecule is CC(C)N1[C]=NCC1. The summed E-state index contributed by atoms with van der Waals surface area (Å²) >= 11 is 0. The highest BCUT2D eigenvalue weighted by Gasteiger charge is 2.08. The lowest BCUT2D eigenvalue weighted by Crippen LogP contribution is -2.27. The summed E-state index contributed by atoms with van der Waals surface area (Å²) in [6.07, 6.45) is 2.91. The first-order valence-corrected chi connectivity index (χ1v) is 2.99. The van der Waals surface area contributed by atoms with Crippen LogP contribution >= 0.6 is 0 Å². The van der Waals surface area contributed by atoms with E-state index in [1.165, 1.54) is 0 Å². The molecule has 1 aliphatic heterocycles. The molecule has 0 N–H and O–H groups in total. The van der Waals surface area contributed by atoms with Crippen molar-refractivity contribution in [2.75, 3.05) is 13.1 Å². The molecule has 0 aliphatic carbocycles. The summed E-state index contributed by atoms with van der Waals surface area (Å²) in [6.45, 7) is 6.28. The minimum atomic E-state index is 0.571. The van der Waals surface area contributed by atoms with E-state index in [0.717, 1.165) is 13.1 Å². The van der Waals surface area contributed by atoms with Crippen molar-refractivity contribution in [3.8, 4) is 0 Å². The van der Waals surface area contributed by atoms with Crippen molar-refractivity contribution in [3.05, 3.63) is 0 Å². The Hall–Kier alpha value is -0.530. The van der Waals surface area contributed by atoms with E-state index in [2.05, 4.69) is 30.1 Å². The molecule has 0 saturated carbocycles. The first-order valence-electron chi connectivity index (χ1n) is 2.99. The van der Waals surface area contributed by atoms with Crippen molar-refractivity contribution in [2.45, 2.75) is 19.9 Å². The van der Waals surface area contributed by atoms with Gasteiger partial charge in [0.1, 0.15) is 0 Å². The molecule has 8 heavy (non-hydrogen) atoms. The Morgan fingerprint density at radius 1 is 1.62 bits per heavy atom. The number of nitrogens with zero attached hydrogens (tertiary/aromatic N) is 2. The van der Waals surface area contributed by atoms with Crippen LogP contribution < -0.4 is 0 Å². The molecule has 0 spiro atoms. The number of hydrogen-bond acceptors (Lipinski definition) is 2. The molecule has 0 aromatic rings. The van der Waals surface area contributed by atoms with Gasteiger partial charge in [0.15, 0.2) is 6.34 Å². The second-order valence-electron chi connectivity index (χ2n) is 2.27. The molecule has 0 aromatic heterocycles. The Balaban J connectivity index is 2.36. The molecule has 0 unspecified atom stereocenters. The van der Waals surface area contributed by atoms with Crippen molar-refractivity contribution in [1.82, 2.24) is 4.90 Å². The van der Waals surface area contributed by atoms with Crippen LogP contribution in [0.15, 0.2) is 4.99 Å². The molecule has 0 aromatic carbocycles. The summed E-state index contributed by atoms with van der Waals surface area (Å²) < 4.78 is 0. The summed E-state index contributed by atoms with van der Waals surface area (Å²) in [5, 5.41) is 0. The summed E-state index contributed by atoms with van der Waals surface area (Å²) in [6, 6.07) is 0.571. The molecule has 1 aliphatic rings. The lowest BCUT2D eigenvalue weighted by atomic mass is 10.3. The maximum atomic E-state index is 3.96. The molecule has 0 saturated heterocycles. The summed E-state index contributed by atoms with van der Waals surface area (Å²) in [7, 11) is 0. The van der Waals surface area contributed by atoms with Gasteiger partial charge in [-0.25, -0.2) is 0 Å². The summed E-state index contributed by atoms with van der Waals surface area (Å²) in [5.74, 6) is 0. The molecule has 0 amide bonds. The van der Waals surface area contributed by atoms with Crippen LogP contribution in [0.4, 0.5) is 0 Å². The van der Waals surface area contributed by atoms with Gasteiger partial charge in [0, 0.05) is 12.6 Å². The van der Waals surface area contributed by atoms with Gasteiger partial charge in [0.2, 0.25) is 0 Å². The zero-order valence-electron chi connectivity index (χ0n) is 5.39. The van der Waals surface area contributed by atoms with E-state index >= 15 is 0 Å². The average Bonchev–Trinajstić information content (AvgIpc) is 2.12. The summed E-state index contributed by atoms with van der Waals surface area (Å²) in [4.78, 5) is 6.07. The molecule has 1 heterocycles. The van der Waals surface area contributed by atoms with Crippen molar-refractivity contribution in [3.63, 3.8) is 0 Å². The van der Waals surface area contributed by atoms with E-state index in [0.29, 0.717) is 6.04 Å². The van der Waals surface area contributed by atoms with Crippen molar-refractivity contribution in [1.29, 1.82) is 0 Å². The monoisotopic (exact) mass is 111 g/mol. The van der Waals surface area contributed by atoms with Crippen LogP contribution in [0.1, 0.15) is 13.8 Å². The van der Waals surface area contributed by atoms with Crippen LogP contribution in [0.3, 0.4) is 0 Å². The van der Waals surface area contributed by atoms with Crippen LogP contribution in [0, 0.1) is 0 Å². The predicted octanol–water partition coefficient (Wildman–Crippen LogP) is 0.616. The third kappa shape index (κ3) is 0.997. The van der Waals surface area contributed by atoms with E-state index in [1.54, 1.807) is 0 Å². The van der Waals surface area contributed by atoms with Crippen molar-refractivity contribution >= 4 is 6.34 Å². The molecular weight excluding hydrogens is 100 g/mol. The van der Waals surface area contributed by atoms with Crippen LogP contribution in [-0.4, -0.2) is 30.4 Å². The zero-order valence-corrected chi connectivity index (χ0v) is 5.39. The van der Waals surface area contributed by atoms with Gasteiger partial charge in [-0.3, -0.25) is 4.99 Å². The highest BCUT2D eigenvalue weighted by atomic mass is 15.2. The van der Waals surface area contributed by atoms with Gasteiger partial charge in [-0.15, -0.1) is 0 Å². The molecule has 1 rings (SSSR count). The first kappa shape index (κ1) is 5.60. The molecule has 0 atom stereocenters. The quantitative estimate of drug-likeness (QED) is 0.484. The molecule has 2 heteroatoms. The first-order chi connectivity index (χ1) is 3.80. The van der Waals surface area contributed by atoms with Gasteiger partial charge in [0.05, 0.1) is 6.54 Å². The average molecular weight is 111 g/mol. The van der Waals surface area contributed by atoms with Gasteiger partial charge in [-0.05, 0) is 13.8 Å². The maximum Gasteiger partial charge on any atom is 0.167 e. The van der Waals surface area contributed by atoms with Gasteiger partial charge in [-0.1, -0.05) is 0 Å². The van der Waals surface area contributed by atoms with Gasteiger partial charge >= 0.3 is 0 Å². The Labute approximate surface area is 50.2 Å². The second kappa shape index (κ2) is 2.16. The lowest BCUT2D eigenvalue weighted by molar-refractivity contribution is 0.390. The number of aliphatic imine (C=N–C) groups is 1. The molecular formula is C6H11N2. The van der Waals surface area contributed by atoms with Crippen LogP contribution in [0.5, 0.6) is 0 Å². The topological polar surface area (TPSA) is 15.6 Å². The normalized spacial score (nSPS) is 18.6. The second-order valence-corrected chi connectivity index (χ2v) is 2.27. The highest BCUT2D eigenvalue weighted by Crippen LogP contribution is 1.98. The van der Waals surface area contributed by atoms with Crippen molar-refractivity contribution < 1.29 is 0 Å². The van der Waals surface area contributed by atoms with Gasteiger partial charge in [0.25, 0.3) is 0 Å². The molecule has 45 valence electrons. The number of hydrogen-bond donors (Lipinski definition) is 0. The van der Waals surface area contributed by atoms with E-state index in [4.69, 9.17) is 0 Å². The van der Waals surface area contributed by atoms with Crippen molar-refractivity contribution in [2.24, 2.45) is 4.99 Å². The molecule has 0 fully saturated rings. The number of rotatable bonds is 1. The van der Waals surface area contributed by atoms with E-state index in [9.17, 15) is 0 Å². The molecule has 1 radical (unpaired) electrons. The Bertz CT molecular complexity index is 96.7. The standard InChI is InChI=1S/C6H11N2/c1-6(2)8-4-3-7-5-8/h6H,3-4H2,1-2H3. The maximum absolute atomic E-state index is 3.96. The highest BCUT2D eigenvalue weighted by molar-refractivity contribution is 5.57. The molecule has 0 bridgehead atoms. The third-order valence-electron chi connectivity index (χ3n) is 1.28. The fourth-order valence-electron chi connectivity index (χ4n) is 0.722. The summed E-state index contributed by atoms with van der Waals surface area (Å²) in [5.41, 5.74) is 0. The fraction of sp³-hybridized carbons (Fsp3) is 0.833. The minimum absolute atomic E-state index is 0.571. The Morgan fingerprint density at radius 3 is 2.62 bits per heavy atom. The van der Waals surface area contributed by atoms with Crippen LogP contribution in [-0.2, 0) is 0 Å². The third-order valence-corrected chi connectivity index (χ3v) is 1.28. The van der Waals surface area contributed by atoms with E-state index in [-0.39, 0.29) is 0 Å². The van der Waals surface area contributed by atoms with E-state index < -0.39 is 0 Å². The lowest BCUT2D eigenvalue weighted by Gasteiger charge is -2.16. The zero-order chi connectivity index (χ0) is 5.98.